The summed E-state index contributed by atoms with van der Waals surface area (Å²) < 4.78 is 34.3. The Kier molecular flexibility index (Phi) is 6.08. The first-order valence-corrected chi connectivity index (χ1v) is 11.0. The second kappa shape index (κ2) is 7.38. The number of hydrogen-bond donors (Lipinski definition) is 1. The third kappa shape index (κ3) is 5.49. The lowest BCUT2D eigenvalue weighted by Gasteiger charge is -2.50. The Morgan fingerprint density at radius 3 is 2.33 bits per heavy atom. The first-order chi connectivity index (χ1) is 11.0. The summed E-state index contributed by atoms with van der Waals surface area (Å²) >= 11 is 0. The van der Waals surface area contributed by atoms with Gasteiger partial charge in [0.1, 0.15) is 5.60 Å². The van der Waals surface area contributed by atoms with Crippen LogP contribution in [0.25, 0.3) is 0 Å². The van der Waals surface area contributed by atoms with Crippen LogP contribution in [0.5, 0.6) is 0 Å². The van der Waals surface area contributed by atoms with E-state index in [4.69, 9.17) is 20.2 Å². The number of alkyl carbamates (subject to hydrolysis) is 1. The molecular weight excluding hydrogens is 354 g/mol. The fourth-order valence-corrected chi connectivity index (χ4v) is 5.58. The molecule has 1 saturated heterocycles. The molecule has 0 aromatic heterocycles. The van der Waals surface area contributed by atoms with Crippen molar-refractivity contribution in [1.82, 2.24) is 5.32 Å². The van der Waals surface area contributed by atoms with E-state index in [1.54, 1.807) is 20.8 Å². The van der Waals surface area contributed by atoms with Gasteiger partial charge >= 0.3 is 6.09 Å². The summed E-state index contributed by atoms with van der Waals surface area (Å²) in [7, 11) is 1.91. The van der Waals surface area contributed by atoms with E-state index in [1.807, 2.05) is 0 Å². The van der Waals surface area contributed by atoms with E-state index >= 15 is 0 Å². The Bertz CT molecular complexity index is 547. The predicted molar refractivity (Wildman–Crippen MR) is 92.6 cm³/mol. The van der Waals surface area contributed by atoms with Crippen LogP contribution in [0.15, 0.2) is 0 Å². The molecule has 0 aromatic carbocycles. The Hall–Kier alpha value is -0.530. The summed E-state index contributed by atoms with van der Waals surface area (Å²) in [6, 6.07) is -0.265. The molecule has 1 heterocycles. The summed E-state index contributed by atoms with van der Waals surface area (Å²) in [6.07, 6.45) is 3.53. The lowest BCUT2D eigenvalue weighted by molar-refractivity contribution is -0.00659. The molecule has 0 spiro atoms. The third-order valence-corrected chi connectivity index (χ3v) is 6.13. The van der Waals surface area contributed by atoms with Gasteiger partial charge < -0.3 is 14.8 Å². The molecule has 0 bridgehead atoms. The molecule has 0 radical (unpaired) electrons. The summed E-state index contributed by atoms with van der Waals surface area (Å²) in [5.74, 6) is 0.0596. The predicted octanol–water partition coefficient (Wildman–Crippen LogP) is 3.05. The molecule has 1 amide bonds. The van der Waals surface area contributed by atoms with Crippen molar-refractivity contribution in [3.63, 3.8) is 0 Å². The lowest BCUT2D eigenvalue weighted by Crippen LogP contribution is -2.58. The number of nitrogens with one attached hydrogen (secondary N) is 1. The van der Waals surface area contributed by atoms with E-state index < -0.39 is 26.2 Å². The van der Waals surface area contributed by atoms with Crippen LogP contribution in [0.3, 0.4) is 0 Å². The quantitative estimate of drug-likeness (QED) is 0.740. The highest BCUT2D eigenvalue weighted by Gasteiger charge is 2.50. The molecule has 140 valence electrons. The smallest absolute Gasteiger partial charge is 0.407 e. The Morgan fingerprint density at radius 2 is 1.92 bits per heavy atom. The number of amides is 1. The van der Waals surface area contributed by atoms with Gasteiger partial charge in [-0.1, -0.05) is 6.42 Å². The van der Waals surface area contributed by atoms with Crippen LogP contribution < -0.4 is 5.32 Å². The average molecular weight is 382 g/mol. The molecular formula is C16H28ClNO5S. The summed E-state index contributed by atoms with van der Waals surface area (Å²) in [6.45, 7) is 6.66. The van der Waals surface area contributed by atoms with Crippen LogP contribution in [0.1, 0.15) is 52.9 Å². The van der Waals surface area contributed by atoms with Crippen molar-refractivity contribution in [3.05, 3.63) is 0 Å². The van der Waals surface area contributed by atoms with Crippen molar-refractivity contribution in [2.24, 2.45) is 11.3 Å². The second-order valence-electron chi connectivity index (χ2n) is 7.97. The molecule has 1 N–H and O–H groups in total. The molecule has 1 aliphatic carbocycles. The van der Waals surface area contributed by atoms with Gasteiger partial charge in [0.05, 0.1) is 5.75 Å². The maximum atomic E-state index is 12.3. The number of carbonyl (C=O) groups is 1. The van der Waals surface area contributed by atoms with Gasteiger partial charge in [-0.15, -0.1) is 0 Å². The molecule has 2 fully saturated rings. The first kappa shape index (κ1) is 19.8. The number of carbonyl (C=O) groups excluding carboxylic acids is 1. The first-order valence-electron chi connectivity index (χ1n) is 8.50. The van der Waals surface area contributed by atoms with Crippen LogP contribution in [-0.2, 0) is 18.5 Å². The maximum Gasteiger partial charge on any atom is 0.407 e. The molecule has 2 aliphatic rings. The van der Waals surface area contributed by atoms with Crippen LogP contribution in [-0.4, -0.2) is 45.1 Å². The van der Waals surface area contributed by atoms with Crippen molar-refractivity contribution >= 4 is 25.8 Å². The van der Waals surface area contributed by atoms with E-state index in [0.29, 0.717) is 13.2 Å². The highest BCUT2D eigenvalue weighted by molar-refractivity contribution is 8.13. The highest BCUT2D eigenvalue weighted by atomic mass is 35.7. The zero-order chi connectivity index (χ0) is 18.0. The molecule has 1 aliphatic heterocycles. The van der Waals surface area contributed by atoms with E-state index in [1.165, 1.54) is 0 Å². The van der Waals surface area contributed by atoms with E-state index in [0.717, 1.165) is 32.1 Å². The van der Waals surface area contributed by atoms with Gasteiger partial charge in [-0.3, -0.25) is 0 Å². The Balaban J connectivity index is 2.20. The summed E-state index contributed by atoms with van der Waals surface area (Å²) in [5.41, 5.74) is -1.10. The van der Waals surface area contributed by atoms with Crippen molar-refractivity contribution in [1.29, 1.82) is 0 Å². The number of halogens is 1. The van der Waals surface area contributed by atoms with E-state index in [-0.39, 0.29) is 17.7 Å². The Labute approximate surface area is 149 Å². The SMILES string of the molecule is CC(C)(C)OC(=O)NC(C1CCOCC1)C1(CS(=O)(=O)Cl)CCC1. The standard InChI is InChI=1S/C16H28ClNO5S/c1-15(2,3)23-14(19)18-13(12-5-9-22-10-6-12)16(7-4-8-16)11-24(17,20)21/h12-13H,4-11H2,1-3H3,(H,18,19). The minimum atomic E-state index is -3.65. The normalized spacial score (nSPS) is 23.2. The molecule has 0 aromatic rings. The molecule has 1 saturated carbocycles. The molecule has 1 atom stereocenters. The fraction of sp³-hybridized carbons (Fsp3) is 0.938. The largest absolute Gasteiger partial charge is 0.444 e. The lowest BCUT2D eigenvalue weighted by atomic mass is 9.61. The van der Waals surface area contributed by atoms with Gasteiger partial charge in [-0.05, 0) is 52.4 Å². The molecule has 24 heavy (non-hydrogen) atoms. The van der Waals surface area contributed by atoms with Crippen LogP contribution in [0, 0.1) is 11.3 Å². The van der Waals surface area contributed by atoms with E-state index in [9.17, 15) is 13.2 Å². The number of rotatable bonds is 5. The summed E-state index contributed by atoms with van der Waals surface area (Å²) in [5, 5.41) is 2.97. The zero-order valence-electron chi connectivity index (χ0n) is 14.6. The van der Waals surface area contributed by atoms with Gasteiger partial charge in [-0.2, -0.15) is 0 Å². The van der Waals surface area contributed by atoms with Gasteiger partial charge in [0.25, 0.3) is 0 Å². The van der Waals surface area contributed by atoms with Crippen LogP contribution in [0.4, 0.5) is 4.79 Å². The van der Waals surface area contributed by atoms with Crippen molar-refractivity contribution in [3.8, 4) is 0 Å². The minimum Gasteiger partial charge on any atom is -0.444 e. The van der Waals surface area contributed by atoms with Crippen molar-refractivity contribution in [2.75, 3.05) is 19.0 Å². The van der Waals surface area contributed by atoms with Crippen LogP contribution >= 0.6 is 10.7 Å². The highest BCUT2D eigenvalue weighted by Crippen LogP contribution is 2.49. The minimum absolute atomic E-state index is 0.112. The molecule has 2 rings (SSSR count). The fourth-order valence-electron chi connectivity index (χ4n) is 3.77. The number of hydrogen-bond acceptors (Lipinski definition) is 5. The molecule has 8 heteroatoms. The second-order valence-corrected chi connectivity index (χ2v) is 10.7. The van der Waals surface area contributed by atoms with Crippen molar-refractivity contribution in [2.45, 2.75) is 64.5 Å². The molecule has 1 unspecified atom stereocenters. The van der Waals surface area contributed by atoms with E-state index in [2.05, 4.69) is 5.32 Å². The number of ether oxygens (including phenoxy) is 2. The third-order valence-electron chi connectivity index (χ3n) is 4.88. The van der Waals surface area contributed by atoms with Crippen LogP contribution in [0.2, 0.25) is 0 Å². The van der Waals surface area contributed by atoms with Gasteiger partial charge in [0, 0.05) is 35.4 Å². The van der Waals surface area contributed by atoms with Gasteiger partial charge in [-0.25, -0.2) is 13.2 Å². The topological polar surface area (TPSA) is 81.7 Å². The van der Waals surface area contributed by atoms with Crippen molar-refractivity contribution < 1.29 is 22.7 Å². The monoisotopic (exact) mass is 381 g/mol. The summed E-state index contributed by atoms with van der Waals surface area (Å²) in [4.78, 5) is 12.3. The van der Waals surface area contributed by atoms with Gasteiger partial charge in [0.2, 0.25) is 9.05 Å². The Morgan fingerprint density at radius 1 is 1.33 bits per heavy atom. The van der Waals surface area contributed by atoms with Gasteiger partial charge in [0.15, 0.2) is 0 Å². The maximum absolute atomic E-state index is 12.3. The molecule has 6 nitrogen and oxygen atoms in total. The average Bonchev–Trinajstić information content (AvgIpc) is 2.38. The zero-order valence-corrected chi connectivity index (χ0v) is 16.2.